The number of thiocarbonyl (C=S) groups is 1. The molecule has 0 heterocycles. The van der Waals surface area contributed by atoms with Crippen molar-refractivity contribution in [2.75, 3.05) is 12.4 Å². The van der Waals surface area contributed by atoms with E-state index in [-0.39, 0.29) is 17.4 Å². The zero-order valence-corrected chi connectivity index (χ0v) is 14.7. The summed E-state index contributed by atoms with van der Waals surface area (Å²) in [6.07, 6.45) is 0. The van der Waals surface area contributed by atoms with Crippen molar-refractivity contribution in [2.45, 2.75) is 13.0 Å². The Kier molecular flexibility index (Phi) is 6.11. The summed E-state index contributed by atoms with van der Waals surface area (Å²) in [5.41, 5.74) is 1.74. The molecular weight excluding hydrogens is 351 g/mol. The SMILES string of the molecule is COC(=O)c1cc(NC(=S)N[C@H](C)c2ccc(F)cc2)ccc1Cl. The van der Waals surface area contributed by atoms with E-state index in [0.29, 0.717) is 15.8 Å². The summed E-state index contributed by atoms with van der Waals surface area (Å²) in [4.78, 5) is 11.6. The Morgan fingerprint density at radius 3 is 2.54 bits per heavy atom. The lowest BCUT2D eigenvalue weighted by atomic mass is 10.1. The highest BCUT2D eigenvalue weighted by Crippen LogP contribution is 2.21. The molecule has 0 saturated carbocycles. The molecule has 1 atom stereocenters. The largest absolute Gasteiger partial charge is 0.465 e. The third-order valence-corrected chi connectivity index (χ3v) is 3.90. The zero-order valence-electron chi connectivity index (χ0n) is 13.1. The van der Waals surface area contributed by atoms with Crippen molar-refractivity contribution in [3.05, 3.63) is 64.4 Å². The maximum Gasteiger partial charge on any atom is 0.339 e. The highest BCUT2D eigenvalue weighted by Gasteiger charge is 2.12. The van der Waals surface area contributed by atoms with Crippen LogP contribution in [0.25, 0.3) is 0 Å². The minimum atomic E-state index is -0.526. The topological polar surface area (TPSA) is 50.4 Å². The molecule has 0 fully saturated rings. The second kappa shape index (κ2) is 8.08. The second-order valence-corrected chi connectivity index (χ2v) is 5.87. The van der Waals surface area contributed by atoms with Crippen LogP contribution in [0.15, 0.2) is 42.5 Å². The summed E-state index contributed by atoms with van der Waals surface area (Å²) in [6.45, 7) is 1.91. The second-order valence-electron chi connectivity index (χ2n) is 5.06. The van der Waals surface area contributed by atoms with Crippen LogP contribution in [0.2, 0.25) is 5.02 Å². The first-order chi connectivity index (χ1) is 11.4. The smallest absolute Gasteiger partial charge is 0.339 e. The van der Waals surface area contributed by atoms with Gasteiger partial charge in [0.2, 0.25) is 0 Å². The lowest BCUT2D eigenvalue weighted by molar-refractivity contribution is 0.0601. The van der Waals surface area contributed by atoms with E-state index in [4.69, 9.17) is 23.8 Å². The van der Waals surface area contributed by atoms with Gasteiger partial charge in [0, 0.05) is 5.69 Å². The van der Waals surface area contributed by atoms with Crippen molar-refractivity contribution < 1.29 is 13.9 Å². The molecule has 126 valence electrons. The fraction of sp³-hybridized carbons (Fsp3) is 0.176. The number of halogens is 2. The van der Waals surface area contributed by atoms with Crippen molar-refractivity contribution >= 4 is 40.6 Å². The molecule has 0 unspecified atom stereocenters. The number of benzene rings is 2. The van der Waals surface area contributed by atoms with Gasteiger partial charge in [-0.2, -0.15) is 0 Å². The van der Waals surface area contributed by atoms with Gasteiger partial charge in [-0.25, -0.2) is 9.18 Å². The summed E-state index contributed by atoms with van der Waals surface area (Å²) in [6, 6.07) is 10.9. The normalized spacial score (nSPS) is 11.5. The van der Waals surface area contributed by atoms with Crippen LogP contribution < -0.4 is 10.6 Å². The van der Waals surface area contributed by atoms with Crippen LogP contribution in [-0.4, -0.2) is 18.2 Å². The van der Waals surface area contributed by atoms with E-state index in [9.17, 15) is 9.18 Å². The van der Waals surface area contributed by atoms with Gasteiger partial charge in [-0.15, -0.1) is 0 Å². The van der Waals surface area contributed by atoms with Gasteiger partial charge < -0.3 is 15.4 Å². The molecule has 0 aliphatic rings. The number of carbonyl (C=O) groups excluding carboxylic acids is 1. The Hall–Kier alpha value is -2.18. The number of hydrogen-bond acceptors (Lipinski definition) is 3. The minimum Gasteiger partial charge on any atom is -0.465 e. The molecule has 0 bridgehead atoms. The summed E-state index contributed by atoms with van der Waals surface area (Å²) < 4.78 is 17.6. The Bertz CT molecular complexity index is 753. The fourth-order valence-electron chi connectivity index (χ4n) is 2.07. The standard InChI is InChI=1S/C17H16ClFN2O2S/c1-10(11-3-5-12(19)6-4-11)20-17(24)21-13-7-8-15(18)14(9-13)16(22)23-2/h3-10H,1-2H3,(H2,20,21,24)/t10-/m1/s1. The molecule has 7 heteroatoms. The lowest BCUT2D eigenvalue weighted by Crippen LogP contribution is -2.31. The first kappa shape index (κ1) is 18.2. The Morgan fingerprint density at radius 1 is 1.25 bits per heavy atom. The van der Waals surface area contributed by atoms with Crippen LogP contribution >= 0.6 is 23.8 Å². The molecule has 0 saturated heterocycles. The highest BCUT2D eigenvalue weighted by atomic mass is 35.5. The molecule has 2 aromatic rings. The number of carbonyl (C=O) groups is 1. The summed E-state index contributed by atoms with van der Waals surface area (Å²) in [5.74, 6) is -0.814. The van der Waals surface area contributed by atoms with E-state index in [1.54, 1.807) is 30.3 Å². The van der Waals surface area contributed by atoms with E-state index in [2.05, 4.69) is 15.4 Å². The van der Waals surface area contributed by atoms with Gasteiger partial charge in [-0.3, -0.25) is 0 Å². The summed E-state index contributed by atoms with van der Waals surface area (Å²) in [7, 11) is 1.29. The van der Waals surface area contributed by atoms with Gasteiger partial charge in [0.05, 0.1) is 23.7 Å². The number of rotatable bonds is 4. The van der Waals surface area contributed by atoms with Crippen molar-refractivity contribution in [3.8, 4) is 0 Å². The van der Waals surface area contributed by atoms with Gasteiger partial charge in [-0.05, 0) is 55.0 Å². The van der Waals surface area contributed by atoms with Crippen LogP contribution in [0.1, 0.15) is 28.9 Å². The molecule has 0 aliphatic carbocycles. The zero-order chi connectivity index (χ0) is 17.7. The molecule has 0 radical (unpaired) electrons. The molecule has 4 nitrogen and oxygen atoms in total. The highest BCUT2D eigenvalue weighted by molar-refractivity contribution is 7.80. The van der Waals surface area contributed by atoms with Crippen molar-refractivity contribution in [1.29, 1.82) is 0 Å². The fourth-order valence-corrected chi connectivity index (χ4v) is 2.56. The molecule has 2 N–H and O–H groups in total. The summed E-state index contributed by atoms with van der Waals surface area (Å²) >= 11 is 11.2. The number of nitrogens with one attached hydrogen (secondary N) is 2. The number of ether oxygens (including phenoxy) is 1. The van der Waals surface area contributed by atoms with Crippen LogP contribution in [0, 0.1) is 5.82 Å². The molecule has 2 aromatic carbocycles. The van der Waals surface area contributed by atoms with Gasteiger partial charge in [-0.1, -0.05) is 23.7 Å². The van der Waals surface area contributed by atoms with Crippen LogP contribution in [-0.2, 0) is 4.74 Å². The maximum atomic E-state index is 13.0. The van der Waals surface area contributed by atoms with Crippen LogP contribution in [0.3, 0.4) is 0 Å². The van der Waals surface area contributed by atoms with Crippen molar-refractivity contribution in [2.24, 2.45) is 0 Å². The first-order valence-corrected chi connectivity index (χ1v) is 7.90. The molecule has 0 aliphatic heterocycles. The van der Waals surface area contributed by atoms with Gasteiger partial charge in [0.1, 0.15) is 5.82 Å². The van der Waals surface area contributed by atoms with E-state index in [1.165, 1.54) is 19.2 Å². The predicted molar refractivity (Wildman–Crippen MR) is 97.0 cm³/mol. The molecule has 2 rings (SSSR count). The van der Waals surface area contributed by atoms with Gasteiger partial charge in [0.25, 0.3) is 0 Å². The molecule has 24 heavy (non-hydrogen) atoms. The lowest BCUT2D eigenvalue weighted by Gasteiger charge is -2.18. The van der Waals surface area contributed by atoms with Gasteiger partial charge >= 0.3 is 5.97 Å². The number of methoxy groups -OCH3 is 1. The molecular formula is C17H16ClFN2O2S. The van der Waals surface area contributed by atoms with Crippen LogP contribution in [0.5, 0.6) is 0 Å². The number of esters is 1. The predicted octanol–water partition coefficient (Wildman–Crippen LogP) is 4.31. The van der Waals surface area contributed by atoms with E-state index >= 15 is 0 Å². The van der Waals surface area contributed by atoms with Gasteiger partial charge in [0.15, 0.2) is 5.11 Å². The number of hydrogen-bond donors (Lipinski definition) is 2. The van der Waals surface area contributed by atoms with E-state index in [0.717, 1.165) is 5.56 Å². The number of anilines is 1. The van der Waals surface area contributed by atoms with Crippen molar-refractivity contribution in [3.63, 3.8) is 0 Å². The van der Waals surface area contributed by atoms with E-state index < -0.39 is 5.97 Å². The average Bonchev–Trinajstić information content (AvgIpc) is 2.56. The minimum absolute atomic E-state index is 0.113. The quantitative estimate of drug-likeness (QED) is 0.623. The average molecular weight is 367 g/mol. The molecule has 0 amide bonds. The van der Waals surface area contributed by atoms with Crippen molar-refractivity contribution in [1.82, 2.24) is 5.32 Å². The Balaban J connectivity index is 2.04. The Labute approximate surface area is 150 Å². The third-order valence-electron chi connectivity index (χ3n) is 3.35. The molecule has 0 spiro atoms. The third kappa shape index (κ3) is 4.66. The van der Waals surface area contributed by atoms with E-state index in [1.807, 2.05) is 6.92 Å². The summed E-state index contributed by atoms with van der Waals surface area (Å²) in [5, 5.41) is 6.73. The maximum absolute atomic E-state index is 13.0. The van der Waals surface area contributed by atoms with Crippen LogP contribution in [0.4, 0.5) is 10.1 Å². The first-order valence-electron chi connectivity index (χ1n) is 7.11. The Morgan fingerprint density at radius 2 is 1.92 bits per heavy atom. The monoisotopic (exact) mass is 366 g/mol. The molecule has 0 aromatic heterocycles.